The molecular weight excluding hydrogens is 305 g/mol. The zero-order valence-electron chi connectivity index (χ0n) is 10.7. The van der Waals surface area contributed by atoms with Crippen molar-refractivity contribution < 1.29 is 22.8 Å². The van der Waals surface area contributed by atoms with Gasteiger partial charge in [0.1, 0.15) is 10.7 Å². The molecule has 4 nitrogen and oxygen atoms in total. The molecule has 110 valence electrons. The number of hydrogen-bond donors (Lipinski definition) is 0. The van der Waals surface area contributed by atoms with E-state index in [4.69, 9.17) is 0 Å². The number of alkyl halides is 3. The van der Waals surface area contributed by atoms with Crippen molar-refractivity contribution in [3.05, 3.63) is 52.0 Å². The molecule has 0 aliphatic carbocycles. The minimum atomic E-state index is -4.52. The number of rotatable bonds is 3. The number of carbonyl (C=O) groups is 1. The summed E-state index contributed by atoms with van der Waals surface area (Å²) in [5.74, 6) is -0.961. The Bertz CT molecular complexity index is 666. The van der Waals surface area contributed by atoms with Crippen LogP contribution in [-0.4, -0.2) is 16.7 Å². The van der Waals surface area contributed by atoms with Gasteiger partial charge in [-0.2, -0.15) is 13.2 Å². The van der Waals surface area contributed by atoms with Crippen molar-refractivity contribution in [2.45, 2.75) is 13.1 Å². The van der Waals surface area contributed by atoms with Crippen molar-refractivity contribution in [3.63, 3.8) is 0 Å². The van der Waals surface area contributed by atoms with Gasteiger partial charge in [0, 0.05) is 11.6 Å². The number of carbonyl (C=O) groups excluding carboxylic acids is 1. The van der Waals surface area contributed by atoms with Gasteiger partial charge in [0.15, 0.2) is 0 Å². The number of oxime groups is 1. The van der Waals surface area contributed by atoms with Crippen molar-refractivity contribution in [1.82, 2.24) is 4.98 Å². The summed E-state index contributed by atoms with van der Waals surface area (Å²) in [6, 6.07) is 3.96. The zero-order valence-corrected chi connectivity index (χ0v) is 11.5. The predicted octanol–water partition coefficient (Wildman–Crippen LogP) is 3.74. The SMILES string of the molecule is C/C(=N\OC(=O)c1cccc(C(F)(F)F)c1)c1nccs1. The molecule has 0 bridgehead atoms. The Morgan fingerprint density at radius 3 is 2.76 bits per heavy atom. The van der Waals surface area contributed by atoms with Gasteiger partial charge in [-0.1, -0.05) is 11.2 Å². The second-order valence-electron chi connectivity index (χ2n) is 3.97. The number of hydrogen-bond acceptors (Lipinski definition) is 5. The van der Waals surface area contributed by atoms with Crippen LogP contribution in [0.3, 0.4) is 0 Å². The lowest BCUT2D eigenvalue weighted by molar-refractivity contribution is -0.137. The molecule has 0 saturated carbocycles. The number of benzene rings is 1. The largest absolute Gasteiger partial charge is 0.416 e. The van der Waals surface area contributed by atoms with Gasteiger partial charge in [-0.25, -0.2) is 9.78 Å². The Hall–Kier alpha value is -2.22. The molecule has 0 aliphatic rings. The van der Waals surface area contributed by atoms with Crippen molar-refractivity contribution >= 4 is 23.0 Å². The lowest BCUT2D eigenvalue weighted by atomic mass is 10.1. The van der Waals surface area contributed by atoms with Crippen molar-refractivity contribution in [3.8, 4) is 0 Å². The summed E-state index contributed by atoms with van der Waals surface area (Å²) in [5, 5.41) is 5.86. The Balaban J connectivity index is 2.12. The van der Waals surface area contributed by atoms with E-state index in [1.54, 1.807) is 18.5 Å². The van der Waals surface area contributed by atoms with Gasteiger partial charge in [-0.05, 0) is 25.1 Å². The standard InChI is InChI=1S/C13H9F3N2O2S/c1-8(11-17-5-6-21-11)18-20-12(19)9-3-2-4-10(7-9)13(14,15)16/h2-7H,1H3/b18-8+. The fourth-order valence-electron chi connectivity index (χ4n) is 1.43. The highest BCUT2D eigenvalue weighted by Gasteiger charge is 2.31. The number of aromatic nitrogens is 1. The van der Waals surface area contributed by atoms with Crippen LogP contribution in [-0.2, 0) is 11.0 Å². The second-order valence-corrected chi connectivity index (χ2v) is 4.87. The van der Waals surface area contributed by atoms with Crippen LogP contribution in [0.5, 0.6) is 0 Å². The minimum Gasteiger partial charge on any atom is -0.312 e. The maximum Gasteiger partial charge on any atom is 0.416 e. The van der Waals surface area contributed by atoms with E-state index in [9.17, 15) is 18.0 Å². The molecule has 0 fully saturated rings. The van der Waals surface area contributed by atoms with Crippen LogP contribution in [0.25, 0.3) is 0 Å². The first kappa shape index (κ1) is 15.2. The third kappa shape index (κ3) is 3.88. The molecule has 1 aromatic carbocycles. The molecule has 0 atom stereocenters. The van der Waals surface area contributed by atoms with Crippen LogP contribution < -0.4 is 0 Å². The Morgan fingerprint density at radius 1 is 1.38 bits per heavy atom. The fourth-order valence-corrected chi connectivity index (χ4v) is 2.01. The van der Waals surface area contributed by atoms with Gasteiger partial charge >= 0.3 is 12.1 Å². The monoisotopic (exact) mass is 314 g/mol. The minimum absolute atomic E-state index is 0.222. The first-order valence-corrected chi connectivity index (χ1v) is 6.59. The lowest BCUT2D eigenvalue weighted by Crippen LogP contribution is -2.08. The van der Waals surface area contributed by atoms with Crippen LogP contribution in [0.15, 0.2) is 41.0 Å². The molecule has 1 aromatic heterocycles. The summed E-state index contributed by atoms with van der Waals surface area (Å²) in [7, 11) is 0. The van der Waals surface area contributed by atoms with Crippen LogP contribution in [0.1, 0.15) is 27.9 Å². The molecule has 21 heavy (non-hydrogen) atoms. The molecule has 0 unspecified atom stereocenters. The molecule has 0 N–H and O–H groups in total. The van der Waals surface area contributed by atoms with E-state index in [1.807, 2.05) is 0 Å². The average molecular weight is 314 g/mol. The topological polar surface area (TPSA) is 51.5 Å². The van der Waals surface area contributed by atoms with E-state index in [-0.39, 0.29) is 5.56 Å². The quantitative estimate of drug-likeness (QED) is 0.492. The molecule has 0 amide bonds. The fraction of sp³-hybridized carbons (Fsp3) is 0.154. The van der Waals surface area contributed by atoms with E-state index in [0.717, 1.165) is 18.2 Å². The normalized spacial score (nSPS) is 12.3. The summed E-state index contributed by atoms with van der Waals surface area (Å²) < 4.78 is 37.6. The smallest absolute Gasteiger partial charge is 0.312 e. The maximum absolute atomic E-state index is 12.5. The Labute approximate surface area is 121 Å². The van der Waals surface area contributed by atoms with Gasteiger partial charge in [0.25, 0.3) is 0 Å². The number of nitrogens with zero attached hydrogens (tertiary/aromatic N) is 2. The summed E-state index contributed by atoms with van der Waals surface area (Å²) in [6.45, 7) is 1.58. The molecule has 2 rings (SSSR count). The molecule has 0 radical (unpaired) electrons. The Morgan fingerprint density at radius 2 is 2.14 bits per heavy atom. The van der Waals surface area contributed by atoms with E-state index < -0.39 is 17.7 Å². The van der Waals surface area contributed by atoms with E-state index in [2.05, 4.69) is 15.0 Å². The average Bonchev–Trinajstić information content (AvgIpc) is 2.98. The van der Waals surface area contributed by atoms with Gasteiger partial charge in [-0.3, -0.25) is 0 Å². The van der Waals surface area contributed by atoms with Crippen LogP contribution in [0.4, 0.5) is 13.2 Å². The van der Waals surface area contributed by atoms with Crippen LogP contribution >= 0.6 is 11.3 Å². The van der Waals surface area contributed by atoms with Crippen LogP contribution in [0, 0.1) is 0 Å². The summed E-state index contributed by atoms with van der Waals surface area (Å²) in [6.07, 6.45) is -2.95. The van der Waals surface area contributed by atoms with Gasteiger partial charge in [0.05, 0.1) is 11.1 Å². The van der Waals surface area contributed by atoms with Crippen molar-refractivity contribution in [2.75, 3.05) is 0 Å². The molecule has 8 heteroatoms. The molecule has 1 heterocycles. The summed E-state index contributed by atoms with van der Waals surface area (Å²) in [5.41, 5.74) is -0.775. The van der Waals surface area contributed by atoms with Gasteiger partial charge in [-0.15, -0.1) is 11.3 Å². The number of thiazole rings is 1. The third-order valence-electron chi connectivity index (χ3n) is 2.43. The van der Waals surface area contributed by atoms with Crippen molar-refractivity contribution in [1.29, 1.82) is 0 Å². The molecule has 0 spiro atoms. The molecular formula is C13H9F3N2O2S. The van der Waals surface area contributed by atoms with E-state index >= 15 is 0 Å². The molecule has 2 aromatic rings. The predicted molar refractivity (Wildman–Crippen MR) is 71.2 cm³/mol. The Kier molecular flexibility index (Phi) is 4.37. The summed E-state index contributed by atoms with van der Waals surface area (Å²) in [4.78, 5) is 20.3. The maximum atomic E-state index is 12.5. The zero-order chi connectivity index (χ0) is 15.5. The first-order chi connectivity index (χ1) is 9.88. The third-order valence-corrected chi connectivity index (χ3v) is 3.31. The first-order valence-electron chi connectivity index (χ1n) is 5.71. The van der Waals surface area contributed by atoms with E-state index in [1.165, 1.54) is 17.4 Å². The molecule has 0 saturated heterocycles. The summed E-state index contributed by atoms with van der Waals surface area (Å²) >= 11 is 1.30. The van der Waals surface area contributed by atoms with E-state index in [0.29, 0.717) is 10.7 Å². The molecule has 0 aliphatic heterocycles. The van der Waals surface area contributed by atoms with Crippen molar-refractivity contribution in [2.24, 2.45) is 5.16 Å². The second kappa shape index (κ2) is 6.04. The highest BCUT2D eigenvalue weighted by Crippen LogP contribution is 2.29. The lowest BCUT2D eigenvalue weighted by Gasteiger charge is -2.07. The van der Waals surface area contributed by atoms with Gasteiger partial charge < -0.3 is 4.84 Å². The van der Waals surface area contributed by atoms with Gasteiger partial charge in [0.2, 0.25) is 0 Å². The highest BCUT2D eigenvalue weighted by molar-refractivity contribution is 7.11. The number of halogens is 3. The van der Waals surface area contributed by atoms with Crippen LogP contribution in [0.2, 0.25) is 0 Å². The highest BCUT2D eigenvalue weighted by atomic mass is 32.1.